The summed E-state index contributed by atoms with van der Waals surface area (Å²) >= 11 is 1.47. The Morgan fingerprint density at radius 1 is 1.07 bits per heavy atom. The van der Waals surface area contributed by atoms with E-state index >= 15 is 0 Å². The first-order valence-corrected chi connectivity index (χ1v) is 21.3. The third-order valence-corrected chi connectivity index (χ3v) is 12.5. The summed E-state index contributed by atoms with van der Waals surface area (Å²) in [5, 5.41) is 12.8. The van der Waals surface area contributed by atoms with Crippen molar-refractivity contribution in [3.05, 3.63) is 66.1 Å². The quantitative estimate of drug-likeness (QED) is 0.166. The first-order chi connectivity index (χ1) is 26.9. The average molecular weight is 802 g/mol. The Bertz CT molecular complexity index is 2280. The molecule has 4 N–H and O–H groups in total. The number of carbonyl (C=O) groups is 3. The SMILES string of the molecule is COc1ccc2c(O[C@@H]3C[C@@H](C(=O)N[C@]45C[C@H]4C=CCCCCCNc4ccccc4S(=O)(=O)NC5=O)N(C(C)=O)C3)cc(-c3csc(NC(C)C)n3)nc2c1. The molecule has 2 aromatic heterocycles. The highest BCUT2D eigenvalue weighted by Gasteiger charge is 2.61. The zero-order valence-corrected chi connectivity index (χ0v) is 33.5. The second-order valence-electron chi connectivity index (χ2n) is 14.8. The van der Waals surface area contributed by atoms with E-state index in [-0.39, 0.29) is 36.2 Å². The largest absolute Gasteiger partial charge is 0.497 e. The van der Waals surface area contributed by atoms with Gasteiger partial charge >= 0.3 is 0 Å². The summed E-state index contributed by atoms with van der Waals surface area (Å²) in [5.41, 5.74) is 0.743. The van der Waals surface area contributed by atoms with Crippen molar-refractivity contribution in [2.75, 3.05) is 30.8 Å². The van der Waals surface area contributed by atoms with Crippen molar-refractivity contribution in [1.82, 2.24) is 24.9 Å². The van der Waals surface area contributed by atoms with Gasteiger partial charge in [-0.1, -0.05) is 30.7 Å². The van der Waals surface area contributed by atoms with Gasteiger partial charge in [0.2, 0.25) is 11.8 Å². The number of para-hydroxylation sites is 1. The van der Waals surface area contributed by atoms with Gasteiger partial charge in [0, 0.05) is 54.7 Å². The lowest BCUT2D eigenvalue weighted by Gasteiger charge is -2.25. The number of benzene rings is 2. The van der Waals surface area contributed by atoms with Crippen LogP contribution in [-0.4, -0.2) is 84.9 Å². The number of nitrogens with one attached hydrogen (secondary N) is 4. The van der Waals surface area contributed by atoms with Gasteiger partial charge in [0.05, 0.1) is 30.6 Å². The van der Waals surface area contributed by atoms with E-state index in [4.69, 9.17) is 19.4 Å². The highest BCUT2D eigenvalue weighted by molar-refractivity contribution is 7.90. The molecule has 4 atom stereocenters. The van der Waals surface area contributed by atoms with Crippen LogP contribution in [0.5, 0.6) is 11.5 Å². The van der Waals surface area contributed by atoms with Crippen molar-refractivity contribution in [3.63, 3.8) is 0 Å². The van der Waals surface area contributed by atoms with Crippen LogP contribution in [-0.2, 0) is 24.4 Å². The minimum absolute atomic E-state index is 0.0522. The predicted octanol–water partition coefficient (Wildman–Crippen LogP) is 5.48. The summed E-state index contributed by atoms with van der Waals surface area (Å²) in [7, 11) is -2.73. The van der Waals surface area contributed by atoms with Crippen molar-refractivity contribution in [2.24, 2.45) is 5.92 Å². The fourth-order valence-electron chi connectivity index (χ4n) is 7.34. The molecular weight excluding hydrogens is 755 g/mol. The van der Waals surface area contributed by atoms with Gasteiger partial charge in [-0.15, -0.1) is 11.3 Å². The number of methoxy groups -OCH3 is 1. The van der Waals surface area contributed by atoms with Crippen molar-refractivity contribution in [2.45, 2.75) is 87.9 Å². The Hall–Kier alpha value is -5.22. The van der Waals surface area contributed by atoms with Gasteiger partial charge in [-0.25, -0.2) is 23.1 Å². The molecule has 14 nitrogen and oxygen atoms in total. The Balaban J connectivity index is 1.14. The number of thiazole rings is 1. The van der Waals surface area contributed by atoms with Crippen LogP contribution in [0.15, 0.2) is 71.0 Å². The number of ether oxygens (including phenoxy) is 2. The molecule has 2 aromatic carbocycles. The summed E-state index contributed by atoms with van der Waals surface area (Å²) in [6, 6.07) is 12.9. The highest BCUT2D eigenvalue weighted by Crippen LogP contribution is 2.46. The lowest BCUT2D eigenvalue weighted by molar-refractivity contribution is -0.138. The lowest BCUT2D eigenvalue weighted by atomic mass is 10.1. The van der Waals surface area contributed by atoms with Gasteiger partial charge in [0.15, 0.2) is 5.13 Å². The molecule has 2 aliphatic heterocycles. The number of aromatic nitrogens is 2. The van der Waals surface area contributed by atoms with E-state index in [9.17, 15) is 22.8 Å². The number of allylic oxidation sites excluding steroid dienone is 1. The van der Waals surface area contributed by atoms with Crippen molar-refractivity contribution in [3.8, 4) is 22.9 Å². The number of anilines is 2. The minimum Gasteiger partial charge on any atom is -0.497 e. The Morgan fingerprint density at radius 3 is 2.68 bits per heavy atom. The summed E-state index contributed by atoms with van der Waals surface area (Å²) in [4.78, 5) is 52.2. The molecule has 3 amide bonds. The number of pyridine rings is 1. The van der Waals surface area contributed by atoms with Gasteiger partial charge in [0.25, 0.3) is 15.9 Å². The van der Waals surface area contributed by atoms with Crippen LogP contribution in [0.2, 0.25) is 0 Å². The number of fused-ring (bicyclic) bond motifs is 3. The number of likely N-dealkylation sites (tertiary alicyclic amines) is 1. The maximum Gasteiger partial charge on any atom is 0.266 e. The first kappa shape index (κ1) is 39.0. The Labute approximate surface area is 330 Å². The number of nitrogens with zero attached hydrogens (tertiary/aromatic N) is 3. The molecule has 1 saturated heterocycles. The molecule has 4 aromatic rings. The third kappa shape index (κ3) is 8.31. The molecule has 56 heavy (non-hydrogen) atoms. The second-order valence-corrected chi connectivity index (χ2v) is 17.3. The smallest absolute Gasteiger partial charge is 0.266 e. The van der Waals surface area contributed by atoms with Crippen molar-refractivity contribution >= 4 is 60.8 Å². The van der Waals surface area contributed by atoms with E-state index in [2.05, 4.69) is 20.7 Å². The number of sulfonamides is 1. The Morgan fingerprint density at radius 2 is 1.89 bits per heavy atom. The third-order valence-electron chi connectivity index (χ3n) is 10.3. The summed E-state index contributed by atoms with van der Waals surface area (Å²) in [6.45, 7) is 6.16. The van der Waals surface area contributed by atoms with E-state index in [0.29, 0.717) is 46.0 Å². The molecule has 16 heteroatoms. The fourth-order valence-corrected chi connectivity index (χ4v) is 9.42. The van der Waals surface area contributed by atoms with E-state index < -0.39 is 45.4 Å². The van der Waals surface area contributed by atoms with E-state index in [1.54, 1.807) is 25.3 Å². The molecule has 0 radical (unpaired) electrons. The molecule has 0 bridgehead atoms. The predicted molar refractivity (Wildman–Crippen MR) is 215 cm³/mol. The molecule has 296 valence electrons. The van der Waals surface area contributed by atoms with Gasteiger partial charge in [0.1, 0.15) is 39.8 Å². The summed E-state index contributed by atoms with van der Waals surface area (Å²) in [5.74, 6) is -1.04. The number of carbonyl (C=O) groups excluding carboxylic acids is 3. The van der Waals surface area contributed by atoms with Crippen LogP contribution in [0.25, 0.3) is 22.3 Å². The van der Waals surface area contributed by atoms with E-state index in [1.165, 1.54) is 29.2 Å². The van der Waals surface area contributed by atoms with E-state index in [0.717, 1.165) is 30.8 Å². The minimum atomic E-state index is -4.31. The van der Waals surface area contributed by atoms with Gasteiger partial charge in [-0.05, 0) is 63.8 Å². The van der Waals surface area contributed by atoms with Crippen LogP contribution in [0.3, 0.4) is 0 Å². The van der Waals surface area contributed by atoms with E-state index in [1.807, 2.05) is 55.6 Å². The van der Waals surface area contributed by atoms with Crippen molar-refractivity contribution in [1.29, 1.82) is 0 Å². The maximum absolute atomic E-state index is 14.2. The van der Waals surface area contributed by atoms with Crippen LogP contribution in [0.4, 0.5) is 10.8 Å². The second kappa shape index (κ2) is 16.1. The Kier molecular flexibility index (Phi) is 11.2. The monoisotopic (exact) mass is 801 g/mol. The van der Waals surface area contributed by atoms with Gasteiger partial charge in [-0.3, -0.25) is 14.4 Å². The molecule has 0 spiro atoms. The summed E-state index contributed by atoms with van der Waals surface area (Å²) in [6.07, 6.45) is 7.12. The highest BCUT2D eigenvalue weighted by atomic mass is 32.2. The van der Waals surface area contributed by atoms with Crippen LogP contribution < -0.4 is 30.1 Å². The van der Waals surface area contributed by atoms with Crippen molar-refractivity contribution < 1.29 is 32.3 Å². The topological polar surface area (TPSA) is 181 Å². The van der Waals surface area contributed by atoms with Crippen LogP contribution in [0.1, 0.15) is 59.3 Å². The molecule has 0 unspecified atom stereocenters. The number of hydrogen-bond acceptors (Lipinski definition) is 12. The molecule has 4 heterocycles. The molecule has 1 aliphatic carbocycles. The zero-order chi connectivity index (χ0) is 39.6. The number of hydrogen-bond donors (Lipinski definition) is 4. The molecule has 3 aliphatic rings. The molecule has 2 fully saturated rings. The lowest BCUT2D eigenvalue weighted by Crippen LogP contribution is -2.56. The van der Waals surface area contributed by atoms with Gasteiger partial charge in [-0.2, -0.15) is 0 Å². The fraction of sp³-hybridized carbons (Fsp3) is 0.425. The standard InChI is InChI=1S/C40H47N7O7S2/c1-24(2)42-39-44-33(23-55-39)32-20-35(29-16-15-27(53-4)18-31(29)43-32)54-28-19-34(47(22-28)25(3)48)37(49)45-40-21-26(40)12-8-6-5-7-11-17-41-30-13-9-10-14-36(30)56(51,52)46-38(40)50/h8-10,12-16,18,20,23-24,26,28,34,41H,5-7,11,17,19,21-22H2,1-4H3,(H,42,44)(H,45,49)(H,46,50)/t26-,28-,34+,40-/m1/s1. The van der Waals surface area contributed by atoms with Crippen LogP contribution >= 0.6 is 11.3 Å². The summed E-state index contributed by atoms with van der Waals surface area (Å²) < 4.78 is 41.6. The zero-order valence-electron chi connectivity index (χ0n) is 31.8. The van der Waals surface area contributed by atoms with Gasteiger partial charge < -0.3 is 30.3 Å². The first-order valence-electron chi connectivity index (χ1n) is 18.9. The van der Waals surface area contributed by atoms with Crippen LogP contribution in [0, 0.1) is 5.92 Å². The molecular formula is C40H47N7O7S2. The molecule has 7 rings (SSSR count). The molecule has 1 saturated carbocycles. The number of rotatable bonds is 8. The maximum atomic E-state index is 14.2. The number of amides is 3. The average Bonchev–Trinajstić information content (AvgIpc) is 3.43. The normalized spacial score (nSPS) is 23.5.